The molecule has 0 saturated heterocycles. The van der Waals surface area contributed by atoms with Gasteiger partial charge in [0.05, 0.1) is 6.20 Å². The van der Waals surface area contributed by atoms with Crippen molar-refractivity contribution in [2.75, 3.05) is 18.9 Å². The predicted octanol–water partition coefficient (Wildman–Crippen LogP) is 1.66. The Morgan fingerprint density at radius 1 is 1.50 bits per heavy atom. The third-order valence-electron chi connectivity index (χ3n) is 3.59. The maximum absolute atomic E-state index is 12.4. The molecule has 0 unspecified atom stereocenters. The molecule has 0 radical (unpaired) electrons. The van der Waals surface area contributed by atoms with E-state index in [4.69, 9.17) is 0 Å². The van der Waals surface area contributed by atoms with Crippen LogP contribution in [0.3, 0.4) is 0 Å². The SMILES string of the molecule is CN(Cc1cnn(C)c1)C(=O)c1ccc2c(c1)CCN2. The highest BCUT2D eigenvalue weighted by Crippen LogP contribution is 2.23. The Labute approximate surface area is 118 Å². The molecule has 20 heavy (non-hydrogen) atoms. The summed E-state index contributed by atoms with van der Waals surface area (Å²) in [5, 5.41) is 7.42. The van der Waals surface area contributed by atoms with E-state index in [2.05, 4.69) is 10.4 Å². The smallest absolute Gasteiger partial charge is 0.253 e. The number of hydrogen-bond donors (Lipinski definition) is 1. The maximum atomic E-state index is 12.4. The van der Waals surface area contributed by atoms with Gasteiger partial charge in [-0.3, -0.25) is 9.48 Å². The number of aryl methyl sites for hydroxylation is 1. The van der Waals surface area contributed by atoms with Crippen LogP contribution in [0, 0.1) is 0 Å². The van der Waals surface area contributed by atoms with Crippen molar-refractivity contribution < 1.29 is 4.79 Å². The van der Waals surface area contributed by atoms with Crippen molar-refractivity contribution in [1.29, 1.82) is 0 Å². The van der Waals surface area contributed by atoms with Crippen molar-refractivity contribution in [3.8, 4) is 0 Å². The molecular weight excluding hydrogens is 252 g/mol. The van der Waals surface area contributed by atoms with Crippen LogP contribution in [0.2, 0.25) is 0 Å². The van der Waals surface area contributed by atoms with Crippen LogP contribution in [0.4, 0.5) is 5.69 Å². The average molecular weight is 270 g/mol. The fraction of sp³-hybridized carbons (Fsp3) is 0.333. The van der Waals surface area contributed by atoms with Gasteiger partial charge in [0.25, 0.3) is 5.91 Å². The normalized spacial score (nSPS) is 12.9. The molecule has 0 aliphatic carbocycles. The predicted molar refractivity (Wildman–Crippen MR) is 77.6 cm³/mol. The van der Waals surface area contributed by atoms with E-state index < -0.39 is 0 Å². The van der Waals surface area contributed by atoms with E-state index in [-0.39, 0.29) is 5.91 Å². The van der Waals surface area contributed by atoms with Gasteiger partial charge in [-0.2, -0.15) is 5.10 Å². The molecule has 1 aromatic carbocycles. The summed E-state index contributed by atoms with van der Waals surface area (Å²) in [6, 6.07) is 5.88. The fourth-order valence-electron chi connectivity index (χ4n) is 2.56. The number of carbonyl (C=O) groups excluding carboxylic acids is 1. The summed E-state index contributed by atoms with van der Waals surface area (Å²) >= 11 is 0. The number of anilines is 1. The van der Waals surface area contributed by atoms with E-state index in [9.17, 15) is 4.79 Å². The number of hydrogen-bond acceptors (Lipinski definition) is 3. The molecule has 0 spiro atoms. The van der Waals surface area contributed by atoms with Crippen LogP contribution in [0.5, 0.6) is 0 Å². The van der Waals surface area contributed by atoms with Gasteiger partial charge in [-0.05, 0) is 30.2 Å². The first kappa shape index (κ1) is 12.7. The van der Waals surface area contributed by atoms with Crippen LogP contribution in [0.1, 0.15) is 21.5 Å². The van der Waals surface area contributed by atoms with Crippen LogP contribution < -0.4 is 5.32 Å². The van der Waals surface area contributed by atoms with Crippen LogP contribution >= 0.6 is 0 Å². The Hall–Kier alpha value is -2.30. The second-order valence-corrected chi connectivity index (χ2v) is 5.23. The highest BCUT2D eigenvalue weighted by Gasteiger charge is 2.16. The molecule has 2 heterocycles. The zero-order valence-corrected chi connectivity index (χ0v) is 11.8. The molecule has 1 aromatic heterocycles. The first-order chi connectivity index (χ1) is 9.63. The van der Waals surface area contributed by atoms with E-state index in [1.54, 1.807) is 15.8 Å². The molecule has 0 atom stereocenters. The molecule has 1 aliphatic rings. The zero-order chi connectivity index (χ0) is 14.1. The standard InChI is InChI=1S/C15H18N4O/c1-18(9-11-8-17-19(2)10-11)15(20)13-3-4-14-12(7-13)5-6-16-14/h3-4,7-8,10,16H,5-6,9H2,1-2H3. The summed E-state index contributed by atoms with van der Waals surface area (Å²) in [6.45, 7) is 1.53. The third-order valence-corrected chi connectivity index (χ3v) is 3.59. The van der Waals surface area contributed by atoms with Gasteiger partial charge < -0.3 is 10.2 Å². The molecule has 5 nitrogen and oxygen atoms in total. The Balaban J connectivity index is 1.74. The van der Waals surface area contributed by atoms with Gasteiger partial charge in [0.15, 0.2) is 0 Å². The molecule has 1 amide bonds. The van der Waals surface area contributed by atoms with Crippen molar-refractivity contribution in [2.24, 2.45) is 7.05 Å². The topological polar surface area (TPSA) is 50.2 Å². The summed E-state index contributed by atoms with van der Waals surface area (Å²) in [4.78, 5) is 14.2. The second kappa shape index (κ2) is 5.00. The lowest BCUT2D eigenvalue weighted by Gasteiger charge is -2.16. The number of carbonyl (C=O) groups is 1. The van der Waals surface area contributed by atoms with Gasteiger partial charge in [-0.1, -0.05) is 0 Å². The number of benzene rings is 1. The van der Waals surface area contributed by atoms with E-state index in [0.29, 0.717) is 6.54 Å². The molecule has 2 aromatic rings. The Bertz CT molecular complexity index is 647. The van der Waals surface area contributed by atoms with Crippen LogP contribution in [-0.4, -0.2) is 34.2 Å². The zero-order valence-electron chi connectivity index (χ0n) is 11.8. The first-order valence-electron chi connectivity index (χ1n) is 6.73. The van der Waals surface area contributed by atoms with Gasteiger partial charge >= 0.3 is 0 Å². The minimum absolute atomic E-state index is 0.0450. The summed E-state index contributed by atoms with van der Waals surface area (Å²) in [7, 11) is 3.69. The fourth-order valence-corrected chi connectivity index (χ4v) is 2.56. The largest absolute Gasteiger partial charge is 0.384 e. The lowest BCUT2D eigenvalue weighted by molar-refractivity contribution is 0.0785. The van der Waals surface area contributed by atoms with Crippen LogP contribution in [0.25, 0.3) is 0 Å². The summed E-state index contributed by atoms with van der Waals surface area (Å²) < 4.78 is 1.74. The molecule has 0 bridgehead atoms. The number of fused-ring (bicyclic) bond motifs is 1. The van der Waals surface area contributed by atoms with Gasteiger partial charge in [-0.15, -0.1) is 0 Å². The van der Waals surface area contributed by atoms with E-state index >= 15 is 0 Å². The quantitative estimate of drug-likeness (QED) is 0.923. The van der Waals surface area contributed by atoms with Gasteiger partial charge in [0.1, 0.15) is 0 Å². The van der Waals surface area contributed by atoms with E-state index in [1.807, 2.05) is 38.5 Å². The average Bonchev–Trinajstić information content (AvgIpc) is 3.05. The van der Waals surface area contributed by atoms with E-state index in [1.165, 1.54) is 5.56 Å². The van der Waals surface area contributed by atoms with Crippen molar-refractivity contribution in [1.82, 2.24) is 14.7 Å². The lowest BCUT2D eigenvalue weighted by Crippen LogP contribution is -2.26. The van der Waals surface area contributed by atoms with Crippen molar-refractivity contribution >= 4 is 11.6 Å². The minimum atomic E-state index is 0.0450. The minimum Gasteiger partial charge on any atom is -0.384 e. The summed E-state index contributed by atoms with van der Waals surface area (Å²) in [5.74, 6) is 0.0450. The molecule has 0 saturated carbocycles. The first-order valence-corrected chi connectivity index (χ1v) is 6.73. The molecule has 1 aliphatic heterocycles. The Morgan fingerprint density at radius 3 is 3.10 bits per heavy atom. The van der Waals surface area contributed by atoms with Crippen molar-refractivity contribution in [3.63, 3.8) is 0 Å². The Kier molecular flexibility index (Phi) is 3.18. The second-order valence-electron chi connectivity index (χ2n) is 5.23. The summed E-state index contributed by atoms with van der Waals surface area (Å²) in [6.07, 6.45) is 4.70. The highest BCUT2D eigenvalue weighted by atomic mass is 16.2. The van der Waals surface area contributed by atoms with Crippen LogP contribution in [0.15, 0.2) is 30.6 Å². The van der Waals surface area contributed by atoms with E-state index in [0.717, 1.165) is 29.8 Å². The van der Waals surface area contributed by atoms with Gasteiger partial charge in [0, 0.05) is 50.2 Å². The molecular formula is C15H18N4O. The monoisotopic (exact) mass is 270 g/mol. The molecule has 0 fully saturated rings. The Morgan fingerprint density at radius 2 is 2.35 bits per heavy atom. The lowest BCUT2D eigenvalue weighted by atomic mass is 10.1. The van der Waals surface area contributed by atoms with Crippen molar-refractivity contribution in [3.05, 3.63) is 47.3 Å². The highest BCUT2D eigenvalue weighted by molar-refractivity contribution is 5.94. The number of rotatable bonds is 3. The molecule has 1 N–H and O–H groups in total. The van der Waals surface area contributed by atoms with Crippen LogP contribution in [-0.2, 0) is 20.0 Å². The van der Waals surface area contributed by atoms with Gasteiger partial charge in [-0.25, -0.2) is 0 Å². The molecule has 5 heteroatoms. The number of aromatic nitrogens is 2. The van der Waals surface area contributed by atoms with Crippen molar-refractivity contribution in [2.45, 2.75) is 13.0 Å². The molecule has 3 rings (SSSR count). The number of amides is 1. The number of nitrogens with one attached hydrogen (secondary N) is 1. The number of nitrogens with zero attached hydrogens (tertiary/aromatic N) is 3. The molecule has 104 valence electrons. The van der Waals surface area contributed by atoms with Gasteiger partial charge in [0.2, 0.25) is 0 Å². The third kappa shape index (κ3) is 2.39. The summed E-state index contributed by atoms with van der Waals surface area (Å²) in [5.41, 5.74) is 4.16. The maximum Gasteiger partial charge on any atom is 0.253 e.